The van der Waals surface area contributed by atoms with E-state index >= 15 is 0 Å². The Kier molecular flexibility index (Phi) is 9.58. The van der Waals surface area contributed by atoms with Crippen LogP contribution in [-0.4, -0.2) is 22.5 Å². The van der Waals surface area contributed by atoms with Gasteiger partial charge in [-0.3, -0.25) is 4.98 Å². The van der Waals surface area contributed by atoms with Crippen LogP contribution in [0.1, 0.15) is 36.1 Å². The first-order chi connectivity index (χ1) is 14.5. The van der Waals surface area contributed by atoms with Gasteiger partial charge in [-0.15, -0.1) is 0 Å². The van der Waals surface area contributed by atoms with Crippen LogP contribution in [0.15, 0.2) is 55.0 Å². The topological polar surface area (TPSA) is 84.4 Å². The molecule has 0 aliphatic heterocycles. The number of ether oxygens (including phenoxy) is 2. The molecule has 8 heteroatoms. The van der Waals surface area contributed by atoms with Crippen molar-refractivity contribution in [3.8, 4) is 17.0 Å². The van der Waals surface area contributed by atoms with Crippen LogP contribution in [0.5, 0.6) is 5.88 Å². The zero-order valence-electron chi connectivity index (χ0n) is 17.8. The number of hydrogen-bond donors (Lipinski definition) is 0. The molecule has 0 amide bonds. The Balaban J connectivity index is 0.00000341. The SMILES string of the molecule is CCO[C@@H](CC(=O)[O-])c1ccc(OCc2ccc(F)c(-c3cnccc3C)c2)nc1.[Na+]. The minimum absolute atomic E-state index is 0. The Morgan fingerprint density at radius 3 is 2.61 bits per heavy atom. The van der Waals surface area contributed by atoms with Crippen LogP contribution in [0.2, 0.25) is 0 Å². The van der Waals surface area contributed by atoms with Crippen molar-refractivity contribution in [3.63, 3.8) is 0 Å². The van der Waals surface area contributed by atoms with E-state index in [1.54, 1.807) is 43.6 Å². The summed E-state index contributed by atoms with van der Waals surface area (Å²) in [5.41, 5.74) is 3.54. The van der Waals surface area contributed by atoms with Crippen LogP contribution in [0.3, 0.4) is 0 Å². The minimum Gasteiger partial charge on any atom is -0.550 e. The molecule has 156 valence electrons. The maximum absolute atomic E-state index is 14.3. The maximum Gasteiger partial charge on any atom is 1.00 e. The summed E-state index contributed by atoms with van der Waals surface area (Å²) >= 11 is 0. The van der Waals surface area contributed by atoms with Crippen molar-refractivity contribution < 1.29 is 53.3 Å². The van der Waals surface area contributed by atoms with Crippen molar-refractivity contribution in [1.82, 2.24) is 9.97 Å². The van der Waals surface area contributed by atoms with Crippen LogP contribution in [-0.2, 0) is 16.1 Å². The predicted molar refractivity (Wildman–Crippen MR) is 107 cm³/mol. The van der Waals surface area contributed by atoms with Gasteiger partial charge < -0.3 is 19.4 Å². The van der Waals surface area contributed by atoms with Gasteiger partial charge >= 0.3 is 29.6 Å². The second-order valence-electron chi connectivity index (χ2n) is 6.74. The Hall–Kier alpha value is -2.32. The van der Waals surface area contributed by atoms with Gasteiger partial charge in [-0.1, -0.05) is 6.07 Å². The number of aliphatic carboxylic acids is 1. The monoisotopic (exact) mass is 432 g/mol. The molecule has 3 aromatic rings. The molecule has 0 unspecified atom stereocenters. The minimum atomic E-state index is -1.19. The predicted octanol–water partition coefficient (Wildman–Crippen LogP) is 0.392. The molecule has 1 aromatic carbocycles. The fourth-order valence-corrected chi connectivity index (χ4v) is 3.06. The molecule has 3 rings (SSSR count). The third kappa shape index (κ3) is 6.83. The summed E-state index contributed by atoms with van der Waals surface area (Å²) in [4.78, 5) is 19.2. The summed E-state index contributed by atoms with van der Waals surface area (Å²) in [5.74, 6) is -1.15. The average molecular weight is 432 g/mol. The molecule has 0 saturated carbocycles. The molecule has 0 spiro atoms. The molecule has 0 bridgehead atoms. The van der Waals surface area contributed by atoms with Gasteiger partial charge in [-0.05, 0) is 54.8 Å². The number of benzene rings is 1. The van der Waals surface area contributed by atoms with E-state index in [1.165, 1.54) is 12.3 Å². The molecule has 0 N–H and O–H groups in total. The summed E-state index contributed by atoms with van der Waals surface area (Å²) in [7, 11) is 0. The Morgan fingerprint density at radius 1 is 1.16 bits per heavy atom. The van der Waals surface area contributed by atoms with Crippen LogP contribution >= 0.6 is 0 Å². The number of hydrogen-bond acceptors (Lipinski definition) is 6. The molecule has 0 saturated heterocycles. The molecule has 0 fully saturated rings. The number of nitrogens with zero attached hydrogens (tertiary/aromatic N) is 2. The third-order valence-corrected chi connectivity index (χ3v) is 4.60. The summed E-state index contributed by atoms with van der Waals surface area (Å²) in [6.45, 7) is 4.27. The number of carbonyl (C=O) groups excluding carboxylic acids is 1. The number of rotatable bonds is 9. The van der Waals surface area contributed by atoms with Crippen molar-refractivity contribution in [1.29, 1.82) is 0 Å². The van der Waals surface area contributed by atoms with Gasteiger partial charge in [0.1, 0.15) is 12.4 Å². The van der Waals surface area contributed by atoms with Gasteiger partial charge in [0.25, 0.3) is 0 Å². The van der Waals surface area contributed by atoms with Gasteiger partial charge in [-0.2, -0.15) is 0 Å². The van der Waals surface area contributed by atoms with E-state index in [1.807, 2.05) is 13.0 Å². The zero-order chi connectivity index (χ0) is 21.5. The average Bonchev–Trinajstić information content (AvgIpc) is 2.73. The molecule has 2 aromatic heterocycles. The van der Waals surface area contributed by atoms with Gasteiger partial charge in [-0.25, -0.2) is 9.37 Å². The maximum atomic E-state index is 14.3. The van der Waals surface area contributed by atoms with Crippen LogP contribution in [0, 0.1) is 12.7 Å². The van der Waals surface area contributed by atoms with E-state index in [0.29, 0.717) is 23.6 Å². The van der Waals surface area contributed by atoms with E-state index in [9.17, 15) is 14.3 Å². The first kappa shape index (κ1) is 24.9. The number of pyridine rings is 2. The first-order valence-electron chi connectivity index (χ1n) is 9.57. The van der Waals surface area contributed by atoms with Gasteiger partial charge in [0.2, 0.25) is 5.88 Å². The third-order valence-electron chi connectivity index (χ3n) is 4.60. The smallest absolute Gasteiger partial charge is 0.550 e. The van der Waals surface area contributed by atoms with Crippen molar-refractivity contribution >= 4 is 5.97 Å². The number of aromatic nitrogens is 2. The molecule has 0 radical (unpaired) electrons. The van der Waals surface area contributed by atoms with Crippen molar-refractivity contribution in [2.75, 3.05) is 6.61 Å². The number of carboxylic acids is 1. The van der Waals surface area contributed by atoms with E-state index in [-0.39, 0.29) is 48.4 Å². The first-order valence-corrected chi connectivity index (χ1v) is 9.57. The van der Waals surface area contributed by atoms with E-state index in [0.717, 1.165) is 16.7 Å². The van der Waals surface area contributed by atoms with Gasteiger partial charge in [0.15, 0.2) is 0 Å². The van der Waals surface area contributed by atoms with Crippen molar-refractivity contribution in [2.24, 2.45) is 0 Å². The normalized spacial score (nSPS) is 11.5. The van der Waals surface area contributed by atoms with E-state index < -0.39 is 12.1 Å². The Labute approximate surface area is 202 Å². The Morgan fingerprint density at radius 2 is 1.97 bits per heavy atom. The molecule has 0 aliphatic carbocycles. The molecule has 1 atom stereocenters. The fourth-order valence-electron chi connectivity index (χ4n) is 3.06. The molecular formula is C23H22FN2NaO4. The fraction of sp³-hybridized carbons (Fsp3) is 0.261. The number of aryl methyl sites for hydroxylation is 1. The number of carboxylic acid groups (broad SMARTS) is 1. The molecule has 6 nitrogen and oxygen atoms in total. The number of carbonyl (C=O) groups is 1. The van der Waals surface area contributed by atoms with E-state index in [4.69, 9.17) is 9.47 Å². The van der Waals surface area contributed by atoms with Crippen molar-refractivity contribution in [3.05, 3.63) is 77.5 Å². The van der Waals surface area contributed by atoms with E-state index in [2.05, 4.69) is 9.97 Å². The van der Waals surface area contributed by atoms with Crippen LogP contribution in [0.25, 0.3) is 11.1 Å². The quantitative estimate of drug-likeness (QED) is 0.455. The number of halogens is 1. The second kappa shape index (κ2) is 11.9. The summed E-state index contributed by atoms with van der Waals surface area (Å²) in [5, 5.41) is 10.9. The van der Waals surface area contributed by atoms with Gasteiger partial charge in [0.05, 0.1) is 6.10 Å². The second-order valence-corrected chi connectivity index (χ2v) is 6.74. The standard InChI is InChI=1S/C23H23FN2O4.Na/c1-3-29-21(11-23(27)28)17-5-7-22(26-12-17)30-14-16-4-6-20(24)18(10-16)19-13-25-9-8-15(19)2;/h4-10,12-13,21H,3,11,14H2,1-2H3,(H,27,28);/q;+1/p-1/t21-;/m0./s1. The summed E-state index contributed by atoms with van der Waals surface area (Å²) in [6, 6.07) is 9.98. The molecule has 31 heavy (non-hydrogen) atoms. The van der Waals surface area contributed by atoms with Crippen LogP contribution in [0.4, 0.5) is 4.39 Å². The van der Waals surface area contributed by atoms with Crippen molar-refractivity contribution in [2.45, 2.75) is 33.0 Å². The largest absolute Gasteiger partial charge is 1.00 e. The Bertz CT molecular complexity index is 1010. The summed E-state index contributed by atoms with van der Waals surface area (Å²) < 4.78 is 25.5. The van der Waals surface area contributed by atoms with Gasteiger partial charge in [0, 0.05) is 54.8 Å². The summed E-state index contributed by atoms with van der Waals surface area (Å²) in [6.07, 6.45) is 3.96. The molecule has 0 aliphatic rings. The molecular weight excluding hydrogens is 410 g/mol. The van der Waals surface area contributed by atoms with Crippen LogP contribution < -0.4 is 39.4 Å². The molecule has 2 heterocycles. The zero-order valence-corrected chi connectivity index (χ0v) is 19.8.